The summed E-state index contributed by atoms with van der Waals surface area (Å²) in [5, 5.41) is 3.34. The molecule has 0 amide bonds. The lowest BCUT2D eigenvalue weighted by Gasteiger charge is -2.15. The normalized spacial score (nSPS) is 12.5. The van der Waals surface area contributed by atoms with Gasteiger partial charge in [0.05, 0.1) is 11.1 Å². The van der Waals surface area contributed by atoms with E-state index in [2.05, 4.69) is 18.8 Å². The topological polar surface area (TPSA) is 12.0 Å². The summed E-state index contributed by atoms with van der Waals surface area (Å²) in [7, 11) is 0. The van der Waals surface area contributed by atoms with Gasteiger partial charge < -0.3 is 5.32 Å². The minimum Gasteiger partial charge on any atom is -0.307 e. The van der Waals surface area contributed by atoms with E-state index in [9.17, 15) is 4.39 Å². The van der Waals surface area contributed by atoms with Crippen molar-refractivity contribution in [3.05, 3.63) is 47.3 Å². The molecule has 1 atom stereocenters. The van der Waals surface area contributed by atoms with Crippen LogP contribution >= 0.6 is 11.6 Å². The molecule has 3 heteroatoms. The molecule has 0 spiro atoms. The maximum atomic E-state index is 13.6. The van der Waals surface area contributed by atoms with E-state index in [4.69, 9.17) is 11.6 Å². The van der Waals surface area contributed by atoms with Crippen molar-refractivity contribution in [1.82, 2.24) is 5.32 Å². The fourth-order valence-electron chi connectivity index (χ4n) is 1.38. The van der Waals surface area contributed by atoms with E-state index < -0.39 is 0 Å². The van der Waals surface area contributed by atoms with Crippen LogP contribution in [0.4, 0.5) is 4.39 Å². The minimum atomic E-state index is -0.368. The number of rotatable bonds is 5. The predicted molar refractivity (Wildman–Crippen MR) is 62.6 cm³/mol. The molecule has 0 aliphatic heterocycles. The van der Waals surface area contributed by atoms with Crippen LogP contribution in [0, 0.1) is 5.82 Å². The molecule has 82 valence electrons. The van der Waals surface area contributed by atoms with Crippen LogP contribution in [0.1, 0.15) is 24.9 Å². The van der Waals surface area contributed by atoms with Crippen molar-refractivity contribution >= 4 is 11.6 Å². The zero-order chi connectivity index (χ0) is 11.3. The van der Waals surface area contributed by atoms with Gasteiger partial charge in [-0.15, -0.1) is 6.58 Å². The molecular formula is C12H15ClFN. The average Bonchev–Trinajstić information content (AvgIpc) is 2.25. The highest BCUT2D eigenvalue weighted by atomic mass is 35.5. The van der Waals surface area contributed by atoms with Gasteiger partial charge in [-0.2, -0.15) is 0 Å². The first-order chi connectivity index (χ1) is 7.20. The molecule has 0 saturated carbocycles. The molecule has 0 aliphatic carbocycles. The first-order valence-electron chi connectivity index (χ1n) is 5.00. The van der Waals surface area contributed by atoms with Gasteiger partial charge in [0.25, 0.3) is 0 Å². The summed E-state index contributed by atoms with van der Waals surface area (Å²) >= 11 is 5.71. The van der Waals surface area contributed by atoms with Crippen LogP contribution in [0.2, 0.25) is 5.02 Å². The van der Waals surface area contributed by atoms with Gasteiger partial charge >= 0.3 is 0 Å². The third-order valence-corrected chi connectivity index (χ3v) is 2.46. The summed E-state index contributed by atoms with van der Waals surface area (Å²) in [6.07, 6.45) is 2.68. The second-order valence-electron chi connectivity index (χ2n) is 3.31. The van der Waals surface area contributed by atoms with Crippen molar-refractivity contribution in [2.24, 2.45) is 0 Å². The van der Waals surface area contributed by atoms with Crippen LogP contribution in [0.15, 0.2) is 30.9 Å². The fourth-order valence-corrected chi connectivity index (χ4v) is 1.56. The van der Waals surface area contributed by atoms with Gasteiger partial charge in [-0.25, -0.2) is 4.39 Å². The molecule has 15 heavy (non-hydrogen) atoms. The Balaban J connectivity index is 2.91. The third-order valence-electron chi connectivity index (χ3n) is 2.17. The van der Waals surface area contributed by atoms with Crippen molar-refractivity contribution in [2.75, 3.05) is 6.54 Å². The largest absolute Gasteiger partial charge is 0.307 e. The molecule has 0 fully saturated rings. The Kier molecular flexibility index (Phi) is 4.79. The van der Waals surface area contributed by atoms with Crippen LogP contribution in [0.3, 0.4) is 0 Å². The molecule has 1 nitrogen and oxygen atoms in total. The summed E-state index contributed by atoms with van der Waals surface area (Å²) in [6.45, 7) is 6.57. The quantitative estimate of drug-likeness (QED) is 0.757. The first-order valence-corrected chi connectivity index (χ1v) is 5.38. The summed E-state index contributed by atoms with van der Waals surface area (Å²) in [5.41, 5.74) is 0.547. The van der Waals surface area contributed by atoms with Gasteiger partial charge in [0, 0.05) is 5.56 Å². The maximum absolute atomic E-state index is 13.6. The monoisotopic (exact) mass is 227 g/mol. The van der Waals surface area contributed by atoms with Crippen LogP contribution in [0.25, 0.3) is 0 Å². The van der Waals surface area contributed by atoms with Gasteiger partial charge in [-0.05, 0) is 19.0 Å². The fraction of sp³-hybridized carbons (Fsp3) is 0.333. The Labute approximate surface area is 95.0 Å². The molecule has 1 rings (SSSR count). The number of benzene rings is 1. The van der Waals surface area contributed by atoms with Crippen molar-refractivity contribution in [3.63, 3.8) is 0 Å². The molecule has 1 aromatic rings. The summed E-state index contributed by atoms with van der Waals surface area (Å²) in [5.74, 6) is -0.368. The maximum Gasteiger partial charge on any atom is 0.146 e. The smallest absolute Gasteiger partial charge is 0.146 e. The van der Waals surface area contributed by atoms with E-state index in [1.807, 2.05) is 0 Å². The molecule has 1 aromatic carbocycles. The second kappa shape index (κ2) is 5.89. The lowest BCUT2D eigenvalue weighted by molar-refractivity contribution is 0.556. The van der Waals surface area contributed by atoms with E-state index in [0.717, 1.165) is 13.0 Å². The molecule has 0 bridgehead atoms. The SMILES string of the molecule is C=CC(NCCC)c1cccc(Cl)c1F. The molecular weight excluding hydrogens is 213 g/mol. The second-order valence-corrected chi connectivity index (χ2v) is 3.72. The Bertz CT molecular complexity index is 338. The molecule has 0 radical (unpaired) electrons. The number of hydrogen-bond donors (Lipinski definition) is 1. The van der Waals surface area contributed by atoms with Crippen molar-refractivity contribution in [1.29, 1.82) is 0 Å². The molecule has 0 aromatic heterocycles. The molecule has 1 N–H and O–H groups in total. The zero-order valence-corrected chi connectivity index (χ0v) is 9.52. The predicted octanol–water partition coefficient (Wildman–Crippen LogP) is 3.71. The molecule has 1 unspecified atom stereocenters. The lowest BCUT2D eigenvalue weighted by Crippen LogP contribution is -2.21. The standard InChI is InChI=1S/C12H15ClFN/c1-3-8-15-11(4-2)9-6-5-7-10(13)12(9)14/h4-7,11,15H,2-3,8H2,1H3. The lowest BCUT2D eigenvalue weighted by atomic mass is 10.1. The van der Waals surface area contributed by atoms with Crippen molar-refractivity contribution < 1.29 is 4.39 Å². The minimum absolute atomic E-state index is 0.151. The van der Waals surface area contributed by atoms with E-state index in [1.54, 1.807) is 24.3 Å². The molecule has 0 heterocycles. The highest BCUT2D eigenvalue weighted by Crippen LogP contribution is 2.23. The van der Waals surface area contributed by atoms with Gasteiger partial charge in [-0.3, -0.25) is 0 Å². The van der Waals surface area contributed by atoms with E-state index >= 15 is 0 Å². The first kappa shape index (κ1) is 12.2. The molecule has 0 aliphatic rings. The third kappa shape index (κ3) is 3.05. The highest BCUT2D eigenvalue weighted by molar-refractivity contribution is 6.30. The van der Waals surface area contributed by atoms with Crippen molar-refractivity contribution in [3.8, 4) is 0 Å². The van der Waals surface area contributed by atoms with Gasteiger partial charge in [0.2, 0.25) is 0 Å². The van der Waals surface area contributed by atoms with Gasteiger partial charge in [-0.1, -0.05) is 36.7 Å². The van der Waals surface area contributed by atoms with Gasteiger partial charge in [0.15, 0.2) is 0 Å². The van der Waals surface area contributed by atoms with Crippen LogP contribution in [-0.4, -0.2) is 6.54 Å². The van der Waals surface area contributed by atoms with Gasteiger partial charge in [0.1, 0.15) is 5.82 Å². The van der Waals surface area contributed by atoms with E-state index in [1.165, 1.54) is 0 Å². The number of halogens is 2. The number of nitrogens with one attached hydrogen (secondary N) is 1. The average molecular weight is 228 g/mol. The van der Waals surface area contributed by atoms with E-state index in [0.29, 0.717) is 5.56 Å². The highest BCUT2D eigenvalue weighted by Gasteiger charge is 2.13. The summed E-state index contributed by atoms with van der Waals surface area (Å²) in [6, 6.07) is 4.82. The van der Waals surface area contributed by atoms with Crippen LogP contribution in [-0.2, 0) is 0 Å². The Hall–Kier alpha value is -0.860. The van der Waals surface area contributed by atoms with Crippen LogP contribution in [0.5, 0.6) is 0 Å². The Morgan fingerprint density at radius 3 is 2.93 bits per heavy atom. The molecule has 0 saturated heterocycles. The van der Waals surface area contributed by atoms with Crippen LogP contribution < -0.4 is 5.32 Å². The van der Waals surface area contributed by atoms with Crippen molar-refractivity contribution in [2.45, 2.75) is 19.4 Å². The number of hydrogen-bond acceptors (Lipinski definition) is 1. The zero-order valence-electron chi connectivity index (χ0n) is 8.76. The summed E-state index contributed by atoms with van der Waals surface area (Å²) < 4.78 is 13.6. The Morgan fingerprint density at radius 1 is 1.60 bits per heavy atom. The Morgan fingerprint density at radius 2 is 2.33 bits per heavy atom. The van der Waals surface area contributed by atoms with E-state index in [-0.39, 0.29) is 16.9 Å². The summed E-state index contributed by atoms with van der Waals surface area (Å²) in [4.78, 5) is 0.